The van der Waals surface area contributed by atoms with Gasteiger partial charge in [-0.3, -0.25) is 9.97 Å². The van der Waals surface area contributed by atoms with Gasteiger partial charge in [-0.2, -0.15) is 0 Å². The Hall–Kier alpha value is -2.36. The first-order valence-corrected chi connectivity index (χ1v) is 7.33. The fourth-order valence-corrected chi connectivity index (χ4v) is 2.67. The SMILES string of the molecule is CC1CC1c1ccc(CNc2ccc3nccnc3c2)o1. The molecule has 106 valence electrons. The summed E-state index contributed by atoms with van der Waals surface area (Å²) in [5, 5.41) is 3.38. The third-order valence-electron chi connectivity index (χ3n) is 4.09. The predicted molar refractivity (Wildman–Crippen MR) is 82.1 cm³/mol. The van der Waals surface area contributed by atoms with E-state index in [1.807, 2.05) is 18.2 Å². The number of anilines is 1. The van der Waals surface area contributed by atoms with Crippen molar-refractivity contribution >= 4 is 16.7 Å². The molecule has 1 aliphatic carbocycles. The van der Waals surface area contributed by atoms with Gasteiger partial charge in [-0.1, -0.05) is 6.92 Å². The standard InChI is InChI=1S/C17H17N3O/c1-11-8-14(11)17-5-3-13(21-17)10-20-12-2-4-15-16(9-12)19-7-6-18-15/h2-7,9,11,14,20H,8,10H2,1H3. The van der Waals surface area contributed by atoms with Crippen molar-refractivity contribution in [2.45, 2.75) is 25.8 Å². The van der Waals surface area contributed by atoms with Gasteiger partial charge >= 0.3 is 0 Å². The number of hydrogen-bond donors (Lipinski definition) is 1. The number of nitrogens with one attached hydrogen (secondary N) is 1. The fraction of sp³-hybridized carbons (Fsp3) is 0.294. The van der Waals surface area contributed by atoms with Crippen molar-refractivity contribution in [2.24, 2.45) is 5.92 Å². The van der Waals surface area contributed by atoms with Gasteiger partial charge in [-0.05, 0) is 42.7 Å². The second-order valence-electron chi connectivity index (χ2n) is 5.74. The van der Waals surface area contributed by atoms with Gasteiger partial charge in [0.25, 0.3) is 0 Å². The fourth-order valence-electron chi connectivity index (χ4n) is 2.67. The van der Waals surface area contributed by atoms with Crippen molar-refractivity contribution in [3.05, 3.63) is 54.2 Å². The van der Waals surface area contributed by atoms with Gasteiger partial charge in [0, 0.05) is 24.0 Å². The summed E-state index contributed by atoms with van der Waals surface area (Å²) in [6.45, 7) is 2.95. The van der Waals surface area contributed by atoms with Gasteiger partial charge in [0.05, 0.1) is 17.6 Å². The minimum Gasteiger partial charge on any atom is -0.464 e. The average Bonchev–Trinajstić information content (AvgIpc) is 3.07. The molecule has 0 radical (unpaired) electrons. The predicted octanol–water partition coefficient (Wildman–Crippen LogP) is 3.96. The number of aromatic nitrogens is 2. The van der Waals surface area contributed by atoms with E-state index in [9.17, 15) is 0 Å². The van der Waals surface area contributed by atoms with Crippen molar-refractivity contribution in [1.29, 1.82) is 0 Å². The second kappa shape index (κ2) is 4.88. The van der Waals surface area contributed by atoms with Crippen molar-refractivity contribution in [3.8, 4) is 0 Å². The highest BCUT2D eigenvalue weighted by Crippen LogP contribution is 2.47. The van der Waals surface area contributed by atoms with Crippen LogP contribution in [0.15, 0.2) is 47.1 Å². The van der Waals surface area contributed by atoms with Crippen LogP contribution in [0.4, 0.5) is 5.69 Å². The Labute approximate surface area is 123 Å². The van der Waals surface area contributed by atoms with Crippen molar-refractivity contribution in [1.82, 2.24) is 9.97 Å². The number of hydrogen-bond acceptors (Lipinski definition) is 4. The summed E-state index contributed by atoms with van der Waals surface area (Å²) in [7, 11) is 0. The Kier molecular flexibility index (Phi) is 2.88. The Morgan fingerprint density at radius 2 is 1.95 bits per heavy atom. The molecule has 2 atom stereocenters. The lowest BCUT2D eigenvalue weighted by molar-refractivity contribution is 0.468. The maximum absolute atomic E-state index is 5.90. The van der Waals surface area contributed by atoms with Crippen LogP contribution in [0.3, 0.4) is 0 Å². The first-order chi connectivity index (χ1) is 10.3. The van der Waals surface area contributed by atoms with Gasteiger partial charge in [0.15, 0.2) is 0 Å². The lowest BCUT2D eigenvalue weighted by Gasteiger charge is -2.05. The molecular weight excluding hydrogens is 262 g/mol. The van der Waals surface area contributed by atoms with E-state index in [4.69, 9.17) is 4.42 Å². The Morgan fingerprint density at radius 1 is 1.14 bits per heavy atom. The van der Waals surface area contributed by atoms with E-state index >= 15 is 0 Å². The molecule has 2 aromatic heterocycles. The van der Waals surface area contributed by atoms with Crippen LogP contribution >= 0.6 is 0 Å². The molecular formula is C17H17N3O. The molecule has 1 N–H and O–H groups in total. The molecule has 3 aromatic rings. The Morgan fingerprint density at radius 3 is 2.76 bits per heavy atom. The van der Waals surface area contributed by atoms with Gasteiger partial charge in [-0.25, -0.2) is 0 Å². The van der Waals surface area contributed by atoms with Crippen molar-refractivity contribution < 1.29 is 4.42 Å². The lowest BCUT2D eigenvalue weighted by atomic mass is 10.2. The zero-order valence-corrected chi connectivity index (χ0v) is 11.9. The third kappa shape index (κ3) is 2.49. The van der Waals surface area contributed by atoms with Crippen LogP contribution < -0.4 is 5.32 Å². The highest BCUT2D eigenvalue weighted by atomic mass is 16.3. The number of furan rings is 1. The molecule has 4 nitrogen and oxygen atoms in total. The zero-order chi connectivity index (χ0) is 14.2. The van der Waals surface area contributed by atoms with Crippen LogP contribution in [0.2, 0.25) is 0 Å². The summed E-state index contributed by atoms with van der Waals surface area (Å²) >= 11 is 0. The number of benzene rings is 1. The third-order valence-corrected chi connectivity index (χ3v) is 4.09. The summed E-state index contributed by atoms with van der Waals surface area (Å²) in [5.74, 6) is 3.51. The summed E-state index contributed by atoms with van der Waals surface area (Å²) in [5.41, 5.74) is 2.83. The summed E-state index contributed by atoms with van der Waals surface area (Å²) in [6.07, 6.45) is 4.67. The van der Waals surface area contributed by atoms with Gasteiger partial charge in [0.1, 0.15) is 11.5 Å². The van der Waals surface area contributed by atoms with Gasteiger partial charge < -0.3 is 9.73 Å². The van der Waals surface area contributed by atoms with Crippen molar-refractivity contribution in [2.75, 3.05) is 5.32 Å². The maximum Gasteiger partial charge on any atom is 0.123 e. The Balaban J connectivity index is 1.46. The highest BCUT2D eigenvalue weighted by Gasteiger charge is 2.36. The zero-order valence-electron chi connectivity index (χ0n) is 11.9. The number of fused-ring (bicyclic) bond motifs is 1. The van der Waals surface area contributed by atoms with E-state index in [-0.39, 0.29) is 0 Å². The smallest absolute Gasteiger partial charge is 0.123 e. The molecule has 2 heterocycles. The minimum atomic E-state index is 0.634. The summed E-state index contributed by atoms with van der Waals surface area (Å²) < 4.78 is 5.90. The number of nitrogens with zero attached hydrogens (tertiary/aromatic N) is 2. The van der Waals surface area contributed by atoms with E-state index in [2.05, 4.69) is 34.3 Å². The van der Waals surface area contributed by atoms with Crippen molar-refractivity contribution in [3.63, 3.8) is 0 Å². The van der Waals surface area contributed by atoms with Crippen LogP contribution in [0.5, 0.6) is 0 Å². The van der Waals surface area contributed by atoms with E-state index < -0.39 is 0 Å². The van der Waals surface area contributed by atoms with Crippen LogP contribution in [0, 0.1) is 5.92 Å². The average molecular weight is 279 g/mol. The lowest BCUT2D eigenvalue weighted by Crippen LogP contribution is -1.98. The van der Waals surface area contributed by atoms with Gasteiger partial charge in [0.2, 0.25) is 0 Å². The molecule has 1 aromatic carbocycles. The van der Waals surface area contributed by atoms with Crippen LogP contribution in [0.1, 0.15) is 30.8 Å². The van der Waals surface area contributed by atoms with Crippen LogP contribution in [-0.4, -0.2) is 9.97 Å². The molecule has 4 rings (SSSR count). The van der Waals surface area contributed by atoms with E-state index in [0.717, 1.165) is 34.2 Å². The normalized spacial score (nSPS) is 20.6. The minimum absolute atomic E-state index is 0.634. The van der Waals surface area contributed by atoms with Crippen LogP contribution in [-0.2, 0) is 6.54 Å². The topological polar surface area (TPSA) is 51.0 Å². The monoisotopic (exact) mass is 279 g/mol. The summed E-state index contributed by atoms with van der Waals surface area (Å²) in [4.78, 5) is 8.58. The molecule has 0 saturated heterocycles. The molecule has 4 heteroatoms. The summed E-state index contributed by atoms with van der Waals surface area (Å²) in [6, 6.07) is 10.2. The molecule has 0 spiro atoms. The van der Waals surface area contributed by atoms with E-state index in [0.29, 0.717) is 12.5 Å². The molecule has 0 bridgehead atoms. The molecule has 0 amide bonds. The largest absolute Gasteiger partial charge is 0.464 e. The first kappa shape index (κ1) is 12.4. The van der Waals surface area contributed by atoms with E-state index in [1.54, 1.807) is 12.4 Å². The molecule has 0 aliphatic heterocycles. The molecule has 21 heavy (non-hydrogen) atoms. The molecule has 1 aliphatic rings. The first-order valence-electron chi connectivity index (χ1n) is 7.33. The van der Waals surface area contributed by atoms with Crippen LogP contribution in [0.25, 0.3) is 11.0 Å². The molecule has 1 saturated carbocycles. The second-order valence-corrected chi connectivity index (χ2v) is 5.74. The highest BCUT2D eigenvalue weighted by molar-refractivity contribution is 5.78. The van der Waals surface area contributed by atoms with Gasteiger partial charge in [-0.15, -0.1) is 0 Å². The molecule has 1 fully saturated rings. The Bertz CT molecular complexity index is 780. The molecule has 2 unspecified atom stereocenters. The maximum atomic E-state index is 5.90. The number of rotatable bonds is 4. The quantitative estimate of drug-likeness (QED) is 0.785. The van der Waals surface area contributed by atoms with E-state index in [1.165, 1.54) is 6.42 Å².